The van der Waals surface area contributed by atoms with Gasteiger partial charge >= 0.3 is 6.18 Å². The van der Waals surface area contributed by atoms with Gasteiger partial charge in [0.1, 0.15) is 17.4 Å². The van der Waals surface area contributed by atoms with Gasteiger partial charge in [-0.3, -0.25) is 4.79 Å². The van der Waals surface area contributed by atoms with E-state index in [0.717, 1.165) is 29.3 Å². The summed E-state index contributed by atoms with van der Waals surface area (Å²) in [4.78, 5) is 12.0. The first-order valence-corrected chi connectivity index (χ1v) is 7.91. The van der Waals surface area contributed by atoms with Gasteiger partial charge in [-0.15, -0.1) is 0 Å². The molecule has 1 N–H and O–H groups in total. The van der Waals surface area contributed by atoms with Gasteiger partial charge in [-0.2, -0.15) is 18.3 Å². The van der Waals surface area contributed by atoms with Crippen molar-refractivity contribution in [1.29, 1.82) is 0 Å². The molecule has 1 heterocycles. The van der Waals surface area contributed by atoms with Gasteiger partial charge in [0.25, 0.3) is 0 Å². The summed E-state index contributed by atoms with van der Waals surface area (Å²) in [6.45, 7) is 1.30. The number of aryl methyl sites for hydroxylation is 1. The molecule has 0 saturated carbocycles. The van der Waals surface area contributed by atoms with Crippen LogP contribution < -0.4 is 0 Å². The fourth-order valence-electron chi connectivity index (χ4n) is 2.27. The van der Waals surface area contributed by atoms with Gasteiger partial charge in [0.05, 0.1) is 6.20 Å². The first-order chi connectivity index (χ1) is 10.6. The Morgan fingerprint density at radius 2 is 1.96 bits per heavy atom. The maximum Gasteiger partial charge on any atom is 0.421 e. The quantitative estimate of drug-likeness (QED) is 0.684. The molecule has 124 valence electrons. The summed E-state index contributed by atoms with van der Waals surface area (Å²) < 4.78 is 51.9. The van der Waals surface area contributed by atoms with Crippen LogP contribution >= 0.6 is 0 Å². The summed E-state index contributed by atoms with van der Waals surface area (Å²) in [5.41, 5.74) is -1.27. The second-order valence-corrected chi connectivity index (χ2v) is 6.22. The topological polar surface area (TPSA) is 78.2 Å². The van der Waals surface area contributed by atoms with Crippen molar-refractivity contribution in [3.05, 3.63) is 40.6 Å². The van der Waals surface area contributed by atoms with Crippen LogP contribution in [0.3, 0.4) is 0 Å². The first-order valence-electron chi connectivity index (χ1n) is 6.35. The van der Waals surface area contributed by atoms with Crippen LogP contribution in [0.15, 0.2) is 23.2 Å². The molecule has 1 atom stereocenters. The molecule has 9 heteroatoms. The molecule has 0 radical (unpaired) electrons. The van der Waals surface area contributed by atoms with Crippen molar-refractivity contribution in [3.63, 3.8) is 0 Å². The van der Waals surface area contributed by atoms with Crippen LogP contribution in [0.25, 0.3) is 0 Å². The van der Waals surface area contributed by atoms with Crippen LogP contribution in [0.2, 0.25) is 0 Å². The van der Waals surface area contributed by atoms with Crippen LogP contribution in [0.4, 0.5) is 13.2 Å². The second-order valence-electron chi connectivity index (χ2n) is 4.90. The zero-order chi connectivity index (χ0) is 17.5. The Hall–Kier alpha value is -2.00. The largest absolute Gasteiger partial charge is 0.612 e. The van der Waals surface area contributed by atoms with Gasteiger partial charge in [-0.1, -0.05) is 0 Å². The van der Waals surface area contributed by atoms with E-state index in [0.29, 0.717) is 0 Å². The second kappa shape index (κ2) is 5.89. The maximum atomic E-state index is 13.0. The molecule has 0 aliphatic rings. The summed E-state index contributed by atoms with van der Waals surface area (Å²) in [5.74, 6) is -1.08. The number of aromatic nitrogens is 2. The highest BCUT2D eigenvalue weighted by Gasteiger charge is 2.39. The van der Waals surface area contributed by atoms with E-state index in [1.807, 2.05) is 0 Å². The van der Waals surface area contributed by atoms with Crippen LogP contribution in [0.1, 0.15) is 27.0 Å². The third-order valence-corrected chi connectivity index (χ3v) is 4.50. The fourth-order valence-corrected chi connectivity index (χ4v) is 3.30. The normalized spacial score (nSPS) is 13.2. The molecule has 0 amide bonds. The monoisotopic (exact) mass is 346 g/mol. The maximum absolute atomic E-state index is 13.0. The van der Waals surface area contributed by atoms with Gasteiger partial charge in [-0.05, 0) is 30.2 Å². The van der Waals surface area contributed by atoms with E-state index in [1.165, 1.54) is 14.0 Å². The Morgan fingerprint density at radius 3 is 2.39 bits per heavy atom. The lowest BCUT2D eigenvalue weighted by atomic mass is 9.98. The predicted octanol–water partition coefficient (Wildman–Crippen LogP) is 2.42. The standard InChI is InChI=1S/C14H13F3N2O3S/c1-7-8(11(20)9-6-18-19(2)13(9)21)4-5-10(14(15,16)17)12(7)23(3)22/h4-6,21H,1-3H3. The summed E-state index contributed by atoms with van der Waals surface area (Å²) >= 11 is -1.94. The zero-order valence-electron chi connectivity index (χ0n) is 12.4. The molecule has 1 aromatic carbocycles. The lowest BCUT2D eigenvalue weighted by molar-refractivity contribution is -0.139. The molecule has 0 aliphatic heterocycles. The number of aromatic hydroxyl groups is 1. The number of alkyl halides is 3. The number of halogens is 3. The van der Waals surface area contributed by atoms with E-state index >= 15 is 0 Å². The van der Waals surface area contributed by atoms with Crippen molar-refractivity contribution in [2.24, 2.45) is 7.05 Å². The lowest BCUT2D eigenvalue weighted by Gasteiger charge is -2.17. The van der Waals surface area contributed by atoms with Gasteiger partial charge in [-0.25, -0.2) is 4.68 Å². The third kappa shape index (κ3) is 3.06. The molecule has 2 rings (SSSR count). The Morgan fingerprint density at radius 1 is 1.35 bits per heavy atom. The minimum atomic E-state index is -4.68. The highest BCUT2D eigenvalue weighted by atomic mass is 32.2. The van der Waals surface area contributed by atoms with E-state index in [-0.39, 0.29) is 16.7 Å². The molecule has 5 nitrogen and oxygen atoms in total. The number of ketones is 1. The molecular formula is C14H13F3N2O3S. The molecule has 23 heavy (non-hydrogen) atoms. The molecule has 0 saturated heterocycles. The van der Waals surface area contributed by atoms with E-state index in [2.05, 4.69) is 5.10 Å². The van der Waals surface area contributed by atoms with Crippen molar-refractivity contribution in [3.8, 4) is 5.88 Å². The Bertz CT molecular complexity index is 769. The first kappa shape index (κ1) is 17.4. The molecule has 0 aliphatic carbocycles. The summed E-state index contributed by atoms with van der Waals surface area (Å²) in [5, 5.41) is 13.5. The highest BCUT2D eigenvalue weighted by Crippen LogP contribution is 2.37. The van der Waals surface area contributed by atoms with Gasteiger partial charge in [0, 0.05) is 18.2 Å². The molecular weight excluding hydrogens is 333 g/mol. The van der Waals surface area contributed by atoms with Crippen molar-refractivity contribution in [1.82, 2.24) is 9.78 Å². The highest BCUT2D eigenvalue weighted by molar-refractivity contribution is 7.90. The van der Waals surface area contributed by atoms with Crippen LogP contribution in [-0.2, 0) is 24.4 Å². The number of rotatable bonds is 3. The number of carbonyl (C=O) groups is 1. The SMILES string of the molecule is Cc1c(C(=O)c2cnn(C)c2O)ccc(C(F)(F)F)c1[S+](C)[O-]. The minimum Gasteiger partial charge on any atom is -0.612 e. The van der Waals surface area contributed by atoms with Gasteiger partial charge < -0.3 is 9.66 Å². The van der Waals surface area contributed by atoms with E-state index in [1.54, 1.807) is 0 Å². The van der Waals surface area contributed by atoms with Crippen molar-refractivity contribution >= 4 is 17.0 Å². The van der Waals surface area contributed by atoms with Crippen molar-refractivity contribution in [2.75, 3.05) is 6.26 Å². The average molecular weight is 346 g/mol. The predicted molar refractivity (Wildman–Crippen MR) is 76.8 cm³/mol. The number of hydrogen-bond acceptors (Lipinski definition) is 4. The number of carbonyl (C=O) groups excluding carboxylic acids is 1. The van der Waals surface area contributed by atoms with E-state index in [4.69, 9.17) is 0 Å². The zero-order valence-corrected chi connectivity index (χ0v) is 13.2. The smallest absolute Gasteiger partial charge is 0.421 e. The molecule has 0 bridgehead atoms. The van der Waals surface area contributed by atoms with Crippen molar-refractivity contribution in [2.45, 2.75) is 18.0 Å². The van der Waals surface area contributed by atoms with Gasteiger partial charge in [0.2, 0.25) is 11.7 Å². The Labute approximate surface area is 132 Å². The number of hydrogen-bond donors (Lipinski definition) is 1. The molecule has 0 spiro atoms. The third-order valence-electron chi connectivity index (χ3n) is 3.40. The van der Waals surface area contributed by atoms with Crippen LogP contribution in [0.5, 0.6) is 5.88 Å². The summed E-state index contributed by atoms with van der Waals surface area (Å²) in [6, 6.07) is 1.74. The van der Waals surface area contributed by atoms with E-state index in [9.17, 15) is 27.6 Å². The number of nitrogens with zero attached hydrogens (tertiary/aromatic N) is 2. The fraction of sp³-hybridized carbons (Fsp3) is 0.286. The van der Waals surface area contributed by atoms with Crippen LogP contribution in [0, 0.1) is 6.92 Å². The molecule has 0 fully saturated rings. The van der Waals surface area contributed by atoms with Gasteiger partial charge in [0.15, 0.2) is 4.90 Å². The number of benzene rings is 1. The Balaban J connectivity index is 2.64. The molecule has 1 aromatic heterocycles. The average Bonchev–Trinajstić information content (AvgIpc) is 2.76. The van der Waals surface area contributed by atoms with E-state index < -0.39 is 39.5 Å². The summed E-state index contributed by atoms with van der Waals surface area (Å²) in [7, 11) is 1.41. The molecule has 2 aromatic rings. The Kier molecular flexibility index (Phi) is 4.45. The summed E-state index contributed by atoms with van der Waals surface area (Å²) in [6.07, 6.45) is -2.44. The van der Waals surface area contributed by atoms with Crippen LogP contribution in [-0.4, -0.2) is 31.5 Å². The lowest BCUT2D eigenvalue weighted by Crippen LogP contribution is -2.16. The molecule has 1 unspecified atom stereocenters. The minimum absolute atomic E-state index is 0.0334. The van der Waals surface area contributed by atoms with Crippen molar-refractivity contribution < 1.29 is 27.6 Å².